The van der Waals surface area contributed by atoms with E-state index in [1.807, 2.05) is 0 Å². The van der Waals surface area contributed by atoms with Crippen LogP contribution in [-0.4, -0.2) is 42.1 Å². The second-order valence-corrected chi connectivity index (χ2v) is 9.21. The summed E-state index contributed by atoms with van der Waals surface area (Å²) >= 11 is 0. The number of nitrogens with zero attached hydrogens (tertiary/aromatic N) is 3. The van der Waals surface area contributed by atoms with Crippen LogP contribution in [0.15, 0.2) is 35.5 Å². The molecular weight excluding hydrogens is 397 g/mol. The number of morpholine rings is 1. The number of nitrogens with two attached hydrogens (primary N) is 1. The van der Waals surface area contributed by atoms with Gasteiger partial charge in [-0.1, -0.05) is 26.0 Å². The van der Waals surface area contributed by atoms with Crippen LogP contribution >= 0.6 is 0 Å². The van der Waals surface area contributed by atoms with Gasteiger partial charge in [0.25, 0.3) is 0 Å². The van der Waals surface area contributed by atoms with E-state index in [9.17, 15) is 9.18 Å². The van der Waals surface area contributed by atoms with Crippen molar-refractivity contribution in [3.05, 3.63) is 52.5 Å². The number of hydrogen-bond donors (Lipinski definition) is 2. The zero-order chi connectivity index (χ0) is 21.8. The number of carbonyl (C=O) groups is 1. The lowest BCUT2D eigenvalue weighted by Gasteiger charge is -2.39. The molecule has 5 rings (SSSR count). The lowest BCUT2D eigenvalue weighted by atomic mass is 9.69. The Hall–Kier alpha value is -3.00. The van der Waals surface area contributed by atoms with E-state index in [1.54, 1.807) is 12.1 Å². The Balaban J connectivity index is 1.67. The third kappa shape index (κ3) is 3.54. The van der Waals surface area contributed by atoms with E-state index in [2.05, 4.69) is 29.0 Å². The van der Waals surface area contributed by atoms with Crippen molar-refractivity contribution in [2.45, 2.75) is 32.6 Å². The molecule has 162 valence electrons. The Labute approximate surface area is 180 Å². The number of fused-ring (bicyclic) bond motifs is 1. The molecule has 1 atom stereocenters. The molecule has 0 spiro atoms. The summed E-state index contributed by atoms with van der Waals surface area (Å²) in [5.74, 6) is 0.833. The third-order valence-corrected chi connectivity index (χ3v) is 6.23. The molecule has 0 saturated carbocycles. The Morgan fingerprint density at radius 2 is 1.87 bits per heavy atom. The van der Waals surface area contributed by atoms with Gasteiger partial charge in [0.1, 0.15) is 17.5 Å². The van der Waals surface area contributed by atoms with Crippen LogP contribution in [0.4, 0.5) is 22.0 Å². The summed E-state index contributed by atoms with van der Waals surface area (Å²) in [6.07, 6.45) is 1.18. The number of nitrogen functional groups attached to an aromatic ring is 1. The number of halogens is 1. The van der Waals surface area contributed by atoms with Gasteiger partial charge in [-0.2, -0.15) is 9.97 Å². The molecule has 7 nitrogen and oxygen atoms in total. The SMILES string of the molecule is CC1(C)CC(=O)C2=C(C1)Nc1nc(N3CCOCC3)nc(N)c1[C@H]2c1ccc(F)cc1. The van der Waals surface area contributed by atoms with Gasteiger partial charge in [-0.25, -0.2) is 4.39 Å². The highest BCUT2D eigenvalue weighted by atomic mass is 19.1. The van der Waals surface area contributed by atoms with Crippen LogP contribution in [0, 0.1) is 11.2 Å². The molecule has 0 radical (unpaired) electrons. The molecule has 3 aliphatic rings. The Bertz CT molecular complexity index is 1070. The van der Waals surface area contributed by atoms with E-state index in [0.29, 0.717) is 61.4 Å². The lowest BCUT2D eigenvalue weighted by Crippen LogP contribution is -2.38. The fraction of sp³-hybridized carbons (Fsp3) is 0.435. The third-order valence-electron chi connectivity index (χ3n) is 6.23. The first kappa shape index (κ1) is 19.9. The molecule has 3 heterocycles. The standard InChI is InChI=1S/C23H26FN5O2/c1-23(2)11-15-18(16(30)12-23)17(13-3-5-14(24)6-4-13)19-20(25)27-22(28-21(19)26-15)29-7-9-31-10-8-29/h3-6,17H,7-12H2,1-2H3,(H3,25,26,27,28)/t17-/m0/s1. The van der Waals surface area contributed by atoms with Gasteiger partial charge in [-0.15, -0.1) is 0 Å². The van der Waals surface area contributed by atoms with Gasteiger partial charge in [0, 0.05) is 42.3 Å². The normalized spacial score (nSPS) is 22.6. The number of rotatable bonds is 2. The highest BCUT2D eigenvalue weighted by molar-refractivity contribution is 6.02. The summed E-state index contributed by atoms with van der Waals surface area (Å²) in [5.41, 5.74) is 9.36. The van der Waals surface area contributed by atoms with Crippen LogP contribution < -0.4 is 16.0 Å². The van der Waals surface area contributed by atoms with Crippen molar-refractivity contribution in [2.75, 3.05) is 42.3 Å². The molecule has 3 N–H and O–H groups in total. The summed E-state index contributed by atoms with van der Waals surface area (Å²) in [5, 5.41) is 3.41. The van der Waals surface area contributed by atoms with Crippen LogP contribution in [0.2, 0.25) is 0 Å². The van der Waals surface area contributed by atoms with Gasteiger partial charge in [0.05, 0.1) is 13.2 Å². The zero-order valence-corrected chi connectivity index (χ0v) is 17.7. The molecule has 8 heteroatoms. The van der Waals surface area contributed by atoms with Crippen LogP contribution in [0.25, 0.3) is 0 Å². The summed E-state index contributed by atoms with van der Waals surface area (Å²) in [4.78, 5) is 24.7. The van der Waals surface area contributed by atoms with Crippen molar-refractivity contribution in [3.63, 3.8) is 0 Å². The summed E-state index contributed by atoms with van der Waals surface area (Å²) in [7, 11) is 0. The van der Waals surface area contributed by atoms with Crippen molar-refractivity contribution in [1.82, 2.24) is 9.97 Å². The van der Waals surface area contributed by atoms with Gasteiger partial charge in [-0.05, 0) is 29.5 Å². The minimum atomic E-state index is -0.422. The summed E-state index contributed by atoms with van der Waals surface area (Å²) in [6.45, 7) is 6.80. The number of anilines is 3. The fourth-order valence-electron chi connectivity index (χ4n) is 4.82. The molecule has 0 amide bonds. The lowest BCUT2D eigenvalue weighted by molar-refractivity contribution is -0.118. The minimum absolute atomic E-state index is 0.0791. The topological polar surface area (TPSA) is 93.4 Å². The quantitative estimate of drug-likeness (QED) is 0.766. The number of ether oxygens (including phenoxy) is 1. The first-order valence-electron chi connectivity index (χ1n) is 10.6. The number of ketones is 1. The smallest absolute Gasteiger partial charge is 0.229 e. The van der Waals surface area contributed by atoms with E-state index in [1.165, 1.54) is 12.1 Å². The van der Waals surface area contributed by atoms with Crippen molar-refractivity contribution in [1.29, 1.82) is 0 Å². The monoisotopic (exact) mass is 423 g/mol. The number of aromatic nitrogens is 2. The predicted octanol–water partition coefficient (Wildman–Crippen LogP) is 3.24. The van der Waals surface area contributed by atoms with Crippen LogP contribution in [0.3, 0.4) is 0 Å². The molecule has 0 bridgehead atoms. The van der Waals surface area contributed by atoms with Gasteiger partial charge in [0.15, 0.2) is 5.78 Å². The number of hydrogen-bond acceptors (Lipinski definition) is 7. The largest absolute Gasteiger partial charge is 0.383 e. The molecule has 2 aliphatic heterocycles. The average Bonchev–Trinajstić information content (AvgIpc) is 2.72. The minimum Gasteiger partial charge on any atom is -0.383 e. The first-order valence-corrected chi connectivity index (χ1v) is 10.6. The van der Waals surface area contributed by atoms with Gasteiger partial charge in [0.2, 0.25) is 5.95 Å². The number of allylic oxidation sites excluding steroid dienone is 2. The molecular formula is C23H26FN5O2. The highest BCUT2D eigenvalue weighted by Gasteiger charge is 2.42. The van der Waals surface area contributed by atoms with Crippen LogP contribution in [0.1, 0.15) is 43.7 Å². The summed E-state index contributed by atoms with van der Waals surface area (Å²) < 4.78 is 19.1. The Morgan fingerprint density at radius 3 is 2.58 bits per heavy atom. The second kappa shape index (κ2) is 7.30. The fourth-order valence-corrected chi connectivity index (χ4v) is 4.82. The van der Waals surface area contributed by atoms with E-state index in [0.717, 1.165) is 17.7 Å². The molecule has 1 saturated heterocycles. The molecule has 1 aromatic carbocycles. The molecule has 31 heavy (non-hydrogen) atoms. The number of carbonyl (C=O) groups excluding carboxylic acids is 1. The van der Waals surface area contributed by atoms with E-state index >= 15 is 0 Å². The first-order chi connectivity index (χ1) is 14.8. The average molecular weight is 423 g/mol. The second-order valence-electron chi connectivity index (χ2n) is 9.21. The van der Waals surface area contributed by atoms with Gasteiger partial charge < -0.3 is 20.7 Å². The van der Waals surface area contributed by atoms with E-state index < -0.39 is 5.92 Å². The maximum Gasteiger partial charge on any atom is 0.229 e. The van der Waals surface area contributed by atoms with Crippen LogP contribution in [0.5, 0.6) is 0 Å². The molecule has 0 unspecified atom stereocenters. The molecule has 1 aromatic heterocycles. The zero-order valence-electron chi connectivity index (χ0n) is 17.7. The maximum atomic E-state index is 13.6. The Morgan fingerprint density at radius 1 is 1.16 bits per heavy atom. The van der Waals surface area contributed by atoms with Crippen molar-refractivity contribution >= 4 is 23.4 Å². The Kier molecular flexibility index (Phi) is 4.69. The maximum absolute atomic E-state index is 13.6. The van der Waals surface area contributed by atoms with Gasteiger partial charge >= 0.3 is 0 Å². The number of Topliss-reactive ketones (excluding diaryl/α,β-unsaturated/α-hetero) is 1. The van der Waals surface area contributed by atoms with Crippen molar-refractivity contribution in [3.8, 4) is 0 Å². The molecule has 1 aliphatic carbocycles. The number of benzene rings is 1. The highest BCUT2D eigenvalue weighted by Crippen LogP contribution is 2.50. The molecule has 1 fully saturated rings. The predicted molar refractivity (Wildman–Crippen MR) is 116 cm³/mol. The van der Waals surface area contributed by atoms with E-state index in [4.69, 9.17) is 15.5 Å². The van der Waals surface area contributed by atoms with Crippen molar-refractivity contribution < 1.29 is 13.9 Å². The number of nitrogens with one attached hydrogen (secondary N) is 1. The van der Waals surface area contributed by atoms with Crippen molar-refractivity contribution in [2.24, 2.45) is 5.41 Å². The van der Waals surface area contributed by atoms with Crippen LogP contribution in [-0.2, 0) is 9.53 Å². The summed E-state index contributed by atoms with van der Waals surface area (Å²) in [6, 6.07) is 6.24. The van der Waals surface area contributed by atoms with Gasteiger partial charge in [-0.3, -0.25) is 4.79 Å². The molecule has 2 aromatic rings. The van der Waals surface area contributed by atoms with E-state index in [-0.39, 0.29) is 17.0 Å².